The molecule has 1 aromatic carbocycles. The average Bonchev–Trinajstić information content (AvgIpc) is 2.71. The van der Waals surface area contributed by atoms with Crippen LogP contribution in [0.3, 0.4) is 0 Å². The van der Waals surface area contributed by atoms with Gasteiger partial charge in [0.05, 0.1) is 6.04 Å². The zero-order valence-electron chi connectivity index (χ0n) is 9.79. The Morgan fingerprint density at radius 1 is 1.38 bits per heavy atom. The van der Waals surface area contributed by atoms with Crippen molar-refractivity contribution in [1.82, 2.24) is 10.2 Å². The van der Waals surface area contributed by atoms with E-state index in [9.17, 15) is 0 Å². The van der Waals surface area contributed by atoms with E-state index in [4.69, 9.17) is 0 Å². The van der Waals surface area contributed by atoms with Crippen molar-refractivity contribution in [2.75, 3.05) is 25.0 Å². The molecule has 3 rings (SSSR count). The Hall–Kier alpha value is -1.06. The molecular weight excluding hydrogens is 198 g/mol. The first-order valence-electron chi connectivity index (χ1n) is 6.17. The molecule has 0 aliphatic carbocycles. The van der Waals surface area contributed by atoms with Gasteiger partial charge in [0.15, 0.2) is 0 Å². The largest absolute Gasteiger partial charge is 0.379 e. The molecule has 2 N–H and O–H groups in total. The molecule has 0 spiro atoms. The van der Waals surface area contributed by atoms with Crippen molar-refractivity contribution >= 4 is 5.69 Å². The Kier molecular flexibility index (Phi) is 2.58. The summed E-state index contributed by atoms with van der Waals surface area (Å²) in [5.41, 5.74) is 4.26. The van der Waals surface area contributed by atoms with E-state index in [2.05, 4.69) is 40.7 Å². The third kappa shape index (κ3) is 1.70. The third-order valence-electron chi connectivity index (χ3n) is 3.65. The Labute approximate surface area is 96.8 Å². The van der Waals surface area contributed by atoms with Crippen LogP contribution in [0.15, 0.2) is 18.2 Å². The van der Waals surface area contributed by atoms with Gasteiger partial charge in [-0.2, -0.15) is 0 Å². The van der Waals surface area contributed by atoms with E-state index in [0.29, 0.717) is 6.04 Å². The lowest BCUT2D eigenvalue weighted by Gasteiger charge is -2.39. The molecule has 0 amide bonds. The fourth-order valence-corrected chi connectivity index (χ4v) is 2.61. The molecule has 86 valence electrons. The topological polar surface area (TPSA) is 27.3 Å². The molecule has 2 aliphatic heterocycles. The average molecular weight is 217 g/mol. The second kappa shape index (κ2) is 4.07. The van der Waals surface area contributed by atoms with Gasteiger partial charge in [-0.1, -0.05) is 19.1 Å². The van der Waals surface area contributed by atoms with Gasteiger partial charge >= 0.3 is 0 Å². The first-order valence-corrected chi connectivity index (χ1v) is 6.17. The van der Waals surface area contributed by atoms with E-state index in [1.807, 2.05) is 0 Å². The highest BCUT2D eigenvalue weighted by Gasteiger charge is 2.26. The number of nitrogens with zero attached hydrogens (tertiary/aromatic N) is 1. The van der Waals surface area contributed by atoms with Crippen LogP contribution >= 0.6 is 0 Å². The maximum atomic E-state index is 3.66. The van der Waals surface area contributed by atoms with E-state index in [1.165, 1.54) is 36.4 Å². The van der Waals surface area contributed by atoms with Crippen LogP contribution in [0.25, 0.3) is 0 Å². The van der Waals surface area contributed by atoms with Crippen molar-refractivity contribution < 1.29 is 0 Å². The first kappa shape index (κ1) is 10.1. The molecular formula is C13H19N3. The van der Waals surface area contributed by atoms with Gasteiger partial charge in [0, 0.05) is 31.9 Å². The monoisotopic (exact) mass is 217 g/mol. The minimum Gasteiger partial charge on any atom is -0.379 e. The highest BCUT2D eigenvalue weighted by atomic mass is 15.2. The number of nitrogens with one attached hydrogen (secondary N) is 2. The number of hydrogen-bond donors (Lipinski definition) is 2. The predicted octanol–water partition coefficient (Wildman–Crippen LogP) is 1.41. The van der Waals surface area contributed by atoms with Crippen molar-refractivity contribution in [2.45, 2.75) is 26.1 Å². The summed E-state index contributed by atoms with van der Waals surface area (Å²) in [4.78, 5) is 2.46. The SMILES string of the molecule is CCN1CC(Nc2cccc3c2CNC3)C1. The summed E-state index contributed by atoms with van der Waals surface area (Å²) in [5, 5.41) is 7.07. The van der Waals surface area contributed by atoms with Gasteiger partial charge in [-0.05, 0) is 23.7 Å². The van der Waals surface area contributed by atoms with E-state index in [1.54, 1.807) is 0 Å². The third-order valence-corrected chi connectivity index (χ3v) is 3.65. The molecule has 0 saturated carbocycles. The second-order valence-electron chi connectivity index (χ2n) is 4.74. The summed E-state index contributed by atoms with van der Waals surface area (Å²) in [6.45, 7) is 7.81. The van der Waals surface area contributed by atoms with Crippen molar-refractivity contribution in [3.05, 3.63) is 29.3 Å². The fraction of sp³-hybridized carbons (Fsp3) is 0.538. The van der Waals surface area contributed by atoms with Crippen LogP contribution in [0.1, 0.15) is 18.1 Å². The molecule has 1 saturated heterocycles. The highest BCUT2D eigenvalue weighted by Crippen LogP contribution is 2.25. The quantitative estimate of drug-likeness (QED) is 0.801. The van der Waals surface area contributed by atoms with Crippen LogP contribution in [0, 0.1) is 0 Å². The second-order valence-corrected chi connectivity index (χ2v) is 4.74. The molecule has 1 fully saturated rings. The van der Waals surface area contributed by atoms with Crippen LogP contribution in [-0.2, 0) is 13.1 Å². The van der Waals surface area contributed by atoms with E-state index < -0.39 is 0 Å². The number of rotatable bonds is 3. The molecule has 0 unspecified atom stereocenters. The lowest BCUT2D eigenvalue weighted by Crippen LogP contribution is -2.54. The Morgan fingerprint density at radius 2 is 2.25 bits per heavy atom. The van der Waals surface area contributed by atoms with E-state index in [0.717, 1.165) is 13.1 Å². The molecule has 16 heavy (non-hydrogen) atoms. The zero-order chi connectivity index (χ0) is 11.0. The van der Waals surface area contributed by atoms with Crippen molar-refractivity contribution in [3.63, 3.8) is 0 Å². The number of likely N-dealkylation sites (N-methyl/N-ethyl adjacent to an activating group) is 1. The lowest BCUT2D eigenvalue weighted by atomic mass is 10.1. The van der Waals surface area contributed by atoms with Gasteiger partial charge in [0.2, 0.25) is 0 Å². The van der Waals surface area contributed by atoms with E-state index >= 15 is 0 Å². The number of fused-ring (bicyclic) bond motifs is 1. The van der Waals surface area contributed by atoms with Gasteiger partial charge in [0.25, 0.3) is 0 Å². The Balaban J connectivity index is 1.69. The first-order chi connectivity index (χ1) is 7.86. The highest BCUT2D eigenvalue weighted by molar-refractivity contribution is 5.57. The summed E-state index contributed by atoms with van der Waals surface area (Å²) in [7, 11) is 0. The number of benzene rings is 1. The summed E-state index contributed by atoms with van der Waals surface area (Å²) in [5.74, 6) is 0. The minimum atomic E-state index is 0.645. The van der Waals surface area contributed by atoms with Crippen LogP contribution in [0.2, 0.25) is 0 Å². The standard InChI is InChI=1S/C13H19N3/c1-2-16-8-11(9-16)15-13-5-3-4-10-6-14-7-12(10)13/h3-5,11,14-15H,2,6-9H2,1H3. The van der Waals surface area contributed by atoms with Gasteiger partial charge in [0.1, 0.15) is 0 Å². The molecule has 1 aromatic rings. The predicted molar refractivity (Wildman–Crippen MR) is 66.5 cm³/mol. The molecule has 3 heteroatoms. The summed E-state index contributed by atoms with van der Waals surface area (Å²) >= 11 is 0. The molecule has 0 bridgehead atoms. The van der Waals surface area contributed by atoms with Gasteiger partial charge in [-0.3, -0.25) is 4.90 Å². The van der Waals surface area contributed by atoms with Gasteiger partial charge in [-0.25, -0.2) is 0 Å². The Bertz CT molecular complexity index is 383. The molecule has 0 aromatic heterocycles. The number of anilines is 1. The van der Waals surface area contributed by atoms with Crippen LogP contribution < -0.4 is 10.6 Å². The summed E-state index contributed by atoms with van der Waals surface area (Å²) in [6.07, 6.45) is 0. The summed E-state index contributed by atoms with van der Waals surface area (Å²) in [6, 6.07) is 7.23. The number of likely N-dealkylation sites (tertiary alicyclic amines) is 1. The van der Waals surface area contributed by atoms with Gasteiger partial charge in [-0.15, -0.1) is 0 Å². The molecule has 2 heterocycles. The van der Waals surface area contributed by atoms with Crippen molar-refractivity contribution in [2.24, 2.45) is 0 Å². The molecule has 2 aliphatic rings. The minimum absolute atomic E-state index is 0.645. The lowest BCUT2D eigenvalue weighted by molar-refractivity contribution is 0.171. The summed E-state index contributed by atoms with van der Waals surface area (Å²) < 4.78 is 0. The van der Waals surface area contributed by atoms with Crippen LogP contribution in [0.5, 0.6) is 0 Å². The van der Waals surface area contributed by atoms with E-state index in [-0.39, 0.29) is 0 Å². The van der Waals surface area contributed by atoms with Crippen molar-refractivity contribution in [3.8, 4) is 0 Å². The van der Waals surface area contributed by atoms with Crippen molar-refractivity contribution in [1.29, 1.82) is 0 Å². The Morgan fingerprint density at radius 3 is 3.06 bits per heavy atom. The normalized spacial score (nSPS) is 20.6. The zero-order valence-corrected chi connectivity index (χ0v) is 9.79. The maximum Gasteiger partial charge on any atom is 0.0515 e. The molecule has 0 atom stereocenters. The van der Waals surface area contributed by atoms with Crippen LogP contribution in [0.4, 0.5) is 5.69 Å². The molecule has 0 radical (unpaired) electrons. The van der Waals surface area contributed by atoms with Gasteiger partial charge < -0.3 is 10.6 Å². The maximum absolute atomic E-state index is 3.66. The fourth-order valence-electron chi connectivity index (χ4n) is 2.61. The molecule has 3 nitrogen and oxygen atoms in total. The number of hydrogen-bond acceptors (Lipinski definition) is 3. The smallest absolute Gasteiger partial charge is 0.0515 e. The van der Waals surface area contributed by atoms with Crippen LogP contribution in [-0.4, -0.2) is 30.6 Å².